The fraction of sp³-hybridized carbons (Fsp3) is 0.538. The molecule has 0 radical (unpaired) electrons. The predicted octanol–water partition coefficient (Wildman–Crippen LogP) is 4.33. The van der Waals surface area contributed by atoms with Crippen LogP contribution in [0.4, 0.5) is 17.6 Å². The Morgan fingerprint density at radius 2 is 1.67 bits per heavy atom. The third-order valence-electron chi connectivity index (χ3n) is 3.00. The third-order valence-corrected chi connectivity index (χ3v) is 3.29. The van der Waals surface area contributed by atoms with Crippen molar-refractivity contribution >= 4 is 24.0 Å². The van der Waals surface area contributed by atoms with Crippen LogP contribution in [0.5, 0.6) is 0 Å². The third kappa shape index (κ3) is 4.45. The van der Waals surface area contributed by atoms with E-state index in [4.69, 9.17) is 17.3 Å². The van der Waals surface area contributed by atoms with Gasteiger partial charge in [0.1, 0.15) is 5.82 Å². The van der Waals surface area contributed by atoms with E-state index in [1.807, 2.05) is 0 Å². The molecule has 0 aromatic heterocycles. The average molecular weight is 350 g/mol. The van der Waals surface area contributed by atoms with Crippen molar-refractivity contribution in [3.63, 3.8) is 0 Å². The van der Waals surface area contributed by atoms with E-state index in [9.17, 15) is 22.7 Å². The number of hydrogen-bond acceptors (Lipinski definition) is 2. The first kappa shape index (κ1) is 20.4. The highest BCUT2D eigenvalue weighted by Crippen LogP contribution is 2.40. The van der Waals surface area contributed by atoms with Crippen molar-refractivity contribution in [2.24, 2.45) is 11.1 Å². The van der Waals surface area contributed by atoms with E-state index in [-0.39, 0.29) is 12.4 Å². The van der Waals surface area contributed by atoms with Gasteiger partial charge in [-0.1, -0.05) is 32.4 Å². The minimum absolute atomic E-state index is 0. The van der Waals surface area contributed by atoms with E-state index < -0.39 is 45.7 Å². The second-order valence-electron chi connectivity index (χ2n) is 5.66. The normalized spacial score (nSPS) is 15.3. The molecule has 0 amide bonds. The fourth-order valence-electron chi connectivity index (χ4n) is 1.84. The number of benzene rings is 1. The Labute approximate surface area is 131 Å². The van der Waals surface area contributed by atoms with E-state index in [0.717, 1.165) is 6.07 Å². The van der Waals surface area contributed by atoms with Crippen molar-refractivity contribution in [1.29, 1.82) is 0 Å². The molecule has 0 heterocycles. The minimum atomic E-state index is -4.78. The van der Waals surface area contributed by atoms with E-state index >= 15 is 0 Å². The molecule has 0 saturated carbocycles. The maximum Gasteiger partial charge on any atom is 0.416 e. The molecule has 1 aromatic rings. The van der Waals surface area contributed by atoms with E-state index in [0.29, 0.717) is 6.07 Å². The number of hydrogen-bond donors (Lipinski definition) is 2. The average Bonchev–Trinajstić information content (AvgIpc) is 2.27. The summed E-state index contributed by atoms with van der Waals surface area (Å²) in [6, 6.07) is -0.0552. The van der Waals surface area contributed by atoms with Crippen LogP contribution in [0.2, 0.25) is 5.02 Å². The second kappa shape index (κ2) is 6.69. The van der Waals surface area contributed by atoms with Gasteiger partial charge >= 0.3 is 6.18 Å². The number of alkyl halides is 3. The number of rotatable bonds is 2. The molecule has 1 aromatic carbocycles. The molecule has 3 N–H and O–H groups in total. The first-order chi connectivity index (χ1) is 8.87. The predicted molar refractivity (Wildman–Crippen MR) is 76.1 cm³/mol. The molecule has 2 atom stereocenters. The Kier molecular flexibility index (Phi) is 6.51. The molecule has 0 fully saturated rings. The summed E-state index contributed by atoms with van der Waals surface area (Å²) in [6.45, 7) is 4.77. The van der Waals surface area contributed by atoms with E-state index in [2.05, 4.69) is 0 Å². The summed E-state index contributed by atoms with van der Waals surface area (Å²) in [5.41, 5.74) is 2.80. The molecule has 2 nitrogen and oxygen atoms in total. The monoisotopic (exact) mass is 349 g/mol. The zero-order chi connectivity index (χ0) is 15.9. The quantitative estimate of drug-likeness (QED) is 0.780. The van der Waals surface area contributed by atoms with Gasteiger partial charge in [0.05, 0.1) is 22.7 Å². The van der Waals surface area contributed by atoms with Crippen molar-refractivity contribution in [2.75, 3.05) is 0 Å². The van der Waals surface area contributed by atoms with Gasteiger partial charge < -0.3 is 10.8 Å². The molecule has 0 spiro atoms. The molecule has 8 heteroatoms. The van der Waals surface area contributed by atoms with Gasteiger partial charge in [0.25, 0.3) is 0 Å². The highest BCUT2D eigenvalue weighted by atomic mass is 35.5. The highest BCUT2D eigenvalue weighted by Gasteiger charge is 2.40. The second-order valence-corrected chi connectivity index (χ2v) is 6.06. The molecule has 0 saturated heterocycles. The van der Waals surface area contributed by atoms with Crippen LogP contribution >= 0.6 is 24.0 Å². The zero-order valence-electron chi connectivity index (χ0n) is 11.6. The summed E-state index contributed by atoms with van der Waals surface area (Å²) in [6.07, 6.45) is -6.15. The maximum atomic E-state index is 14.0. The lowest BCUT2D eigenvalue weighted by molar-refractivity contribution is -0.139. The number of aliphatic hydroxyl groups excluding tert-OH is 1. The van der Waals surface area contributed by atoms with Crippen molar-refractivity contribution in [2.45, 2.75) is 39.1 Å². The first-order valence-electron chi connectivity index (χ1n) is 5.86. The molecule has 122 valence electrons. The van der Waals surface area contributed by atoms with Gasteiger partial charge in [-0.15, -0.1) is 12.4 Å². The Morgan fingerprint density at radius 1 is 1.19 bits per heavy atom. The Bertz CT molecular complexity index is 500. The lowest BCUT2D eigenvalue weighted by Crippen LogP contribution is -2.38. The summed E-state index contributed by atoms with van der Waals surface area (Å²) >= 11 is 5.52. The fourth-order valence-corrected chi connectivity index (χ4v) is 2.00. The summed E-state index contributed by atoms with van der Waals surface area (Å²) in [7, 11) is 0. The van der Waals surface area contributed by atoms with Crippen LogP contribution in [-0.4, -0.2) is 11.2 Å². The Morgan fingerprint density at radius 3 is 2.05 bits per heavy atom. The summed E-state index contributed by atoms with van der Waals surface area (Å²) in [5, 5.41) is 9.54. The van der Waals surface area contributed by atoms with Crippen LogP contribution in [0, 0.1) is 11.2 Å². The van der Waals surface area contributed by atoms with Crippen molar-refractivity contribution < 1.29 is 22.7 Å². The molecule has 21 heavy (non-hydrogen) atoms. The summed E-state index contributed by atoms with van der Waals surface area (Å²) in [4.78, 5) is 0. The molecule has 0 aliphatic rings. The largest absolute Gasteiger partial charge is 0.416 e. The van der Waals surface area contributed by atoms with Gasteiger partial charge in [-0.05, 0) is 17.5 Å². The van der Waals surface area contributed by atoms with Gasteiger partial charge in [0, 0.05) is 5.56 Å². The topological polar surface area (TPSA) is 46.2 Å². The number of aliphatic hydroxyl groups is 1. The van der Waals surface area contributed by atoms with Crippen molar-refractivity contribution in [1.82, 2.24) is 0 Å². The van der Waals surface area contributed by atoms with Crippen LogP contribution < -0.4 is 5.73 Å². The molecule has 0 aliphatic heterocycles. The summed E-state index contributed by atoms with van der Waals surface area (Å²) < 4.78 is 52.8. The van der Waals surface area contributed by atoms with Gasteiger partial charge in [-0.25, -0.2) is 4.39 Å². The molecule has 0 aliphatic carbocycles. The van der Waals surface area contributed by atoms with Gasteiger partial charge in [0.15, 0.2) is 0 Å². The van der Waals surface area contributed by atoms with Crippen LogP contribution in [0.1, 0.15) is 37.9 Å². The number of nitrogens with two attached hydrogens (primary N) is 1. The SMILES string of the molecule is CC(C)(C)[C@@H](O)[C@@H](N)c1c(C(F)(F)F)ccc(Cl)c1F.Cl. The lowest BCUT2D eigenvalue weighted by Gasteiger charge is -2.32. The highest BCUT2D eigenvalue weighted by molar-refractivity contribution is 6.30. The molecule has 0 bridgehead atoms. The Balaban J connectivity index is 0.00000400. The van der Waals surface area contributed by atoms with Crippen LogP contribution in [0.15, 0.2) is 12.1 Å². The first-order valence-corrected chi connectivity index (χ1v) is 6.24. The van der Waals surface area contributed by atoms with E-state index in [1.54, 1.807) is 20.8 Å². The smallest absolute Gasteiger partial charge is 0.391 e. The van der Waals surface area contributed by atoms with Crippen molar-refractivity contribution in [3.05, 3.63) is 34.1 Å². The van der Waals surface area contributed by atoms with Crippen LogP contribution in [-0.2, 0) is 6.18 Å². The lowest BCUT2D eigenvalue weighted by atomic mass is 9.81. The van der Waals surface area contributed by atoms with Crippen LogP contribution in [0.25, 0.3) is 0 Å². The van der Waals surface area contributed by atoms with Gasteiger partial charge in [0.2, 0.25) is 0 Å². The maximum absolute atomic E-state index is 14.0. The number of halogens is 6. The van der Waals surface area contributed by atoms with Gasteiger partial charge in [-0.2, -0.15) is 13.2 Å². The van der Waals surface area contributed by atoms with Gasteiger partial charge in [-0.3, -0.25) is 0 Å². The van der Waals surface area contributed by atoms with Crippen LogP contribution in [0.3, 0.4) is 0 Å². The molecule has 0 unspecified atom stereocenters. The molecular formula is C13H17Cl2F4NO. The minimum Gasteiger partial charge on any atom is -0.391 e. The summed E-state index contributed by atoms with van der Waals surface area (Å²) in [5.74, 6) is -1.25. The molecular weight excluding hydrogens is 333 g/mol. The Hall–Kier alpha value is -0.560. The molecule has 1 rings (SSSR count). The van der Waals surface area contributed by atoms with E-state index in [1.165, 1.54) is 0 Å². The standard InChI is InChI=1S/C13H16ClF4NO.ClH/c1-12(2,3)11(20)10(19)8-6(13(16,17)18)4-5-7(14)9(8)15;/h4-5,10-11,20H,19H2,1-3H3;1H/t10-,11-;/m0./s1. The zero-order valence-corrected chi connectivity index (χ0v) is 13.2. The van der Waals surface area contributed by atoms with Crippen molar-refractivity contribution in [3.8, 4) is 0 Å².